The van der Waals surface area contributed by atoms with Crippen LogP contribution in [-0.2, 0) is 6.42 Å². The Morgan fingerprint density at radius 1 is 1.00 bits per heavy atom. The van der Waals surface area contributed by atoms with Gasteiger partial charge in [0.1, 0.15) is 18.0 Å². The van der Waals surface area contributed by atoms with Crippen molar-refractivity contribution < 1.29 is 19.3 Å². The zero-order valence-electron chi connectivity index (χ0n) is 16.5. The Morgan fingerprint density at radius 3 is 2.46 bits per heavy atom. The van der Waals surface area contributed by atoms with Gasteiger partial charge >= 0.3 is 0 Å². The Kier molecular flexibility index (Phi) is 8.90. The molecule has 2 aromatic rings. The van der Waals surface area contributed by atoms with Crippen LogP contribution in [0.5, 0.6) is 17.2 Å². The fraction of sp³-hybridized carbons (Fsp3) is 0.455. The van der Waals surface area contributed by atoms with Gasteiger partial charge in [-0.1, -0.05) is 24.3 Å². The SMILES string of the molecule is COc1ccc(CCN[C@H]2CCC[C@@H](Oc3ccccc3)[C@@H]2O)cc1OC.Cl. The van der Waals surface area contributed by atoms with Crippen LogP contribution in [0.25, 0.3) is 0 Å². The van der Waals surface area contributed by atoms with Gasteiger partial charge in [-0.2, -0.15) is 0 Å². The number of benzene rings is 2. The Bertz CT molecular complexity index is 713. The molecule has 0 aliphatic heterocycles. The van der Waals surface area contributed by atoms with Gasteiger partial charge in [0.25, 0.3) is 0 Å². The Labute approximate surface area is 173 Å². The zero-order valence-corrected chi connectivity index (χ0v) is 17.3. The second-order valence-corrected chi connectivity index (χ2v) is 6.89. The molecule has 0 amide bonds. The van der Waals surface area contributed by atoms with Crippen molar-refractivity contribution in [2.24, 2.45) is 0 Å². The molecule has 0 heterocycles. The van der Waals surface area contributed by atoms with Crippen LogP contribution in [0.4, 0.5) is 0 Å². The van der Waals surface area contributed by atoms with E-state index < -0.39 is 6.10 Å². The van der Waals surface area contributed by atoms with E-state index in [-0.39, 0.29) is 24.6 Å². The molecule has 5 nitrogen and oxygen atoms in total. The molecule has 1 saturated carbocycles. The van der Waals surface area contributed by atoms with E-state index in [1.807, 2.05) is 48.5 Å². The minimum atomic E-state index is -0.510. The molecular formula is C22H30ClNO4. The average Bonchev–Trinajstić information content (AvgIpc) is 2.71. The first-order valence-electron chi connectivity index (χ1n) is 9.55. The number of methoxy groups -OCH3 is 2. The van der Waals surface area contributed by atoms with Crippen molar-refractivity contribution in [2.75, 3.05) is 20.8 Å². The number of ether oxygens (including phenoxy) is 3. The number of halogens is 1. The highest BCUT2D eigenvalue weighted by Gasteiger charge is 2.32. The second-order valence-electron chi connectivity index (χ2n) is 6.89. The van der Waals surface area contributed by atoms with Crippen LogP contribution in [0.15, 0.2) is 48.5 Å². The number of aliphatic hydroxyl groups is 1. The molecule has 0 aromatic heterocycles. The van der Waals surface area contributed by atoms with Crippen LogP contribution in [-0.4, -0.2) is 44.1 Å². The van der Waals surface area contributed by atoms with E-state index in [9.17, 15) is 5.11 Å². The summed E-state index contributed by atoms with van der Waals surface area (Å²) in [4.78, 5) is 0. The molecule has 1 aliphatic carbocycles. The van der Waals surface area contributed by atoms with E-state index in [1.54, 1.807) is 14.2 Å². The summed E-state index contributed by atoms with van der Waals surface area (Å²) in [6.45, 7) is 0.787. The number of hydrogen-bond acceptors (Lipinski definition) is 5. The number of hydrogen-bond donors (Lipinski definition) is 2. The molecule has 1 fully saturated rings. The molecule has 2 aromatic carbocycles. The summed E-state index contributed by atoms with van der Waals surface area (Å²) in [6.07, 6.45) is 3.06. The van der Waals surface area contributed by atoms with Gasteiger partial charge in [-0.3, -0.25) is 0 Å². The highest BCUT2D eigenvalue weighted by atomic mass is 35.5. The third-order valence-corrected chi connectivity index (χ3v) is 5.10. The van der Waals surface area contributed by atoms with Crippen molar-refractivity contribution in [1.29, 1.82) is 0 Å². The summed E-state index contributed by atoms with van der Waals surface area (Å²) in [7, 11) is 3.28. The lowest BCUT2D eigenvalue weighted by atomic mass is 9.89. The van der Waals surface area contributed by atoms with Crippen LogP contribution in [0.2, 0.25) is 0 Å². The quantitative estimate of drug-likeness (QED) is 0.699. The van der Waals surface area contributed by atoms with Gasteiger partial charge in [-0.25, -0.2) is 0 Å². The normalized spacial score (nSPS) is 21.5. The van der Waals surface area contributed by atoms with E-state index >= 15 is 0 Å². The third kappa shape index (κ3) is 5.77. The standard InChI is InChI=1S/C22H29NO4.ClH/c1-25-19-12-11-16(15-21(19)26-2)13-14-23-18-9-6-10-20(22(18)24)27-17-7-4-3-5-8-17;/h3-5,7-8,11-12,15,18,20,22-24H,6,9-10,13-14H2,1-2H3;1H/t18-,20+,22+;/m0./s1. The number of para-hydroxylation sites is 1. The first-order valence-corrected chi connectivity index (χ1v) is 9.55. The van der Waals surface area contributed by atoms with Gasteiger partial charge in [0, 0.05) is 6.04 Å². The van der Waals surface area contributed by atoms with Gasteiger partial charge in [0.2, 0.25) is 0 Å². The summed E-state index contributed by atoms with van der Waals surface area (Å²) in [5.74, 6) is 2.29. The van der Waals surface area contributed by atoms with E-state index in [0.717, 1.165) is 49.5 Å². The van der Waals surface area contributed by atoms with E-state index in [1.165, 1.54) is 5.56 Å². The topological polar surface area (TPSA) is 60.0 Å². The highest BCUT2D eigenvalue weighted by molar-refractivity contribution is 5.85. The second kappa shape index (κ2) is 11.1. The van der Waals surface area contributed by atoms with Crippen LogP contribution in [0, 0.1) is 0 Å². The molecule has 3 atom stereocenters. The van der Waals surface area contributed by atoms with Crippen LogP contribution < -0.4 is 19.5 Å². The van der Waals surface area contributed by atoms with Gasteiger partial charge in [-0.15, -0.1) is 12.4 Å². The van der Waals surface area contributed by atoms with Crippen molar-refractivity contribution in [2.45, 2.75) is 43.9 Å². The molecule has 154 valence electrons. The first-order chi connectivity index (χ1) is 13.2. The van der Waals surface area contributed by atoms with Crippen molar-refractivity contribution in [3.05, 3.63) is 54.1 Å². The lowest BCUT2D eigenvalue weighted by Gasteiger charge is -2.35. The Balaban J connectivity index is 0.00000280. The predicted molar refractivity (Wildman–Crippen MR) is 113 cm³/mol. The van der Waals surface area contributed by atoms with Crippen molar-refractivity contribution in [3.63, 3.8) is 0 Å². The van der Waals surface area contributed by atoms with Gasteiger partial charge in [-0.05, 0) is 62.1 Å². The molecule has 1 aliphatic rings. The molecule has 28 heavy (non-hydrogen) atoms. The van der Waals surface area contributed by atoms with E-state index in [4.69, 9.17) is 14.2 Å². The molecule has 0 saturated heterocycles. The first kappa shape index (κ1) is 22.3. The lowest BCUT2D eigenvalue weighted by Crippen LogP contribution is -2.51. The van der Waals surface area contributed by atoms with Crippen LogP contribution in [0.1, 0.15) is 24.8 Å². The van der Waals surface area contributed by atoms with E-state index in [2.05, 4.69) is 5.32 Å². The number of rotatable bonds is 8. The van der Waals surface area contributed by atoms with Gasteiger partial charge in [0.15, 0.2) is 11.5 Å². The summed E-state index contributed by atoms with van der Waals surface area (Å²) < 4.78 is 16.6. The summed E-state index contributed by atoms with van der Waals surface area (Å²) in [5, 5.41) is 14.2. The predicted octanol–water partition coefficient (Wildman–Crippen LogP) is 3.62. The maximum atomic E-state index is 10.7. The third-order valence-electron chi connectivity index (χ3n) is 5.10. The molecule has 0 unspecified atom stereocenters. The highest BCUT2D eigenvalue weighted by Crippen LogP contribution is 2.28. The van der Waals surface area contributed by atoms with Crippen molar-refractivity contribution in [3.8, 4) is 17.2 Å². The molecular weight excluding hydrogens is 378 g/mol. The van der Waals surface area contributed by atoms with Gasteiger partial charge < -0.3 is 24.6 Å². The van der Waals surface area contributed by atoms with Crippen molar-refractivity contribution >= 4 is 12.4 Å². The van der Waals surface area contributed by atoms with Gasteiger partial charge in [0.05, 0.1) is 14.2 Å². The minimum absolute atomic E-state index is 0. The maximum Gasteiger partial charge on any atom is 0.160 e. The largest absolute Gasteiger partial charge is 0.493 e. The lowest BCUT2D eigenvalue weighted by molar-refractivity contribution is -0.0151. The fourth-order valence-corrected chi connectivity index (χ4v) is 3.60. The van der Waals surface area contributed by atoms with Crippen LogP contribution in [0.3, 0.4) is 0 Å². The smallest absolute Gasteiger partial charge is 0.160 e. The number of aliphatic hydroxyl groups excluding tert-OH is 1. The molecule has 0 bridgehead atoms. The number of nitrogens with one attached hydrogen (secondary N) is 1. The molecule has 2 N–H and O–H groups in total. The molecule has 0 spiro atoms. The molecule has 6 heteroatoms. The Morgan fingerprint density at radius 2 is 1.75 bits per heavy atom. The molecule has 0 radical (unpaired) electrons. The fourth-order valence-electron chi connectivity index (χ4n) is 3.60. The minimum Gasteiger partial charge on any atom is -0.493 e. The van der Waals surface area contributed by atoms with Crippen LogP contribution >= 0.6 is 12.4 Å². The average molecular weight is 408 g/mol. The molecule has 3 rings (SSSR count). The maximum absolute atomic E-state index is 10.7. The van der Waals surface area contributed by atoms with Crippen molar-refractivity contribution in [1.82, 2.24) is 5.32 Å². The summed E-state index contributed by atoms with van der Waals surface area (Å²) in [6, 6.07) is 15.7. The zero-order chi connectivity index (χ0) is 19.1. The monoisotopic (exact) mass is 407 g/mol. The summed E-state index contributed by atoms with van der Waals surface area (Å²) in [5.41, 5.74) is 1.17. The summed E-state index contributed by atoms with van der Waals surface area (Å²) >= 11 is 0. The van der Waals surface area contributed by atoms with E-state index in [0.29, 0.717) is 0 Å². The Hall–Kier alpha value is -1.95.